The fourth-order valence-corrected chi connectivity index (χ4v) is 4.67. The van der Waals surface area contributed by atoms with Crippen LogP contribution >= 0.6 is 11.3 Å². The standard InChI is InChI=1S/C17H26N2OS/c1-13(12-19-10-4-9-16(19)20)18-17(14-6-2-3-7-14)15-8-5-11-21-15/h5,8,11,13-14,17-18H,2-4,6-7,9-10,12H2,1H3. The first-order valence-corrected chi connectivity index (χ1v) is 9.19. The van der Waals surface area contributed by atoms with E-state index >= 15 is 0 Å². The highest BCUT2D eigenvalue weighted by molar-refractivity contribution is 7.10. The lowest BCUT2D eigenvalue weighted by Gasteiger charge is -2.30. The monoisotopic (exact) mass is 306 g/mol. The molecule has 1 aliphatic heterocycles. The molecule has 3 nitrogen and oxygen atoms in total. The Hall–Kier alpha value is -0.870. The molecule has 1 N–H and O–H groups in total. The van der Waals surface area contributed by atoms with E-state index in [1.54, 1.807) is 0 Å². The van der Waals surface area contributed by atoms with Gasteiger partial charge in [-0.25, -0.2) is 0 Å². The highest BCUT2D eigenvalue weighted by Gasteiger charge is 2.29. The third-order valence-electron chi connectivity index (χ3n) is 4.85. The smallest absolute Gasteiger partial charge is 0.222 e. The van der Waals surface area contributed by atoms with Gasteiger partial charge in [-0.05, 0) is 43.6 Å². The van der Waals surface area contributed by atoms with Crippen LogP contribution in [0.4, 0.5) is 0 Å². The van der Waals surface area contributed by atoms with E-state index in [0.717, 1.165) is 31.8 Å². The summed E-state index contributed by atoms with van der Waals surface area (Å²) in [5, 5.41) is 6.00. The molecule has 0 radical (unpaired) electrons. The summed E-state index contributed by atoms with van der Waals surface area (Å²) < 4.78 is 0. The summed E-state index contributed by atoms with van der Waals surface area (Å²) in [5.41, 5.74) is 0. The number of hydrogen-bond acceptors (Lipinski definition) is 3. The summed E-state index contributed by atoms with van der Waals surface area (Å²) in [6.45, 7) is 4.02. The average Bonchev–Trinajstić information content (AvgIpc) is 3.19. The number of hydrogen-bond donors (Lipinski definition) is 1. The Bertz CT molecular complexity index is 453. The summed E-state index contributed by atoms with van der Waals surface area (Å²) in [5.74, 6) is 1.09. The van der Waals surface area contributed by atoms with Crippen LogP contribution in [0.15, 0.2) is 17.5 Å². The van der Waals surface area contributed by atoms with Crippen molar-refractivity contribution in [1.29, 1.82) is 0 Å². The van der Waals surface area contributed by atoms with E-state index < -0.39 is 0 Å². The van der Waals surface area contributed by atoms with Crippen molar-refractivity contribution in [3.8, 4) is 0 Å². The van der Waals surface area contributed by atoms with Gasteiger partial charge in [0.25, 0.3) is 0 Å². The highest BCUT2D eigenvalue weighted by atomic mass is 32.1. The van der Waals surface area contributed by atoms with Crippen LogP contribution in [0.5, 0.6) is 0 Å². The molecule has 0 bridgehead atoms. The first kappa shape index (κ1) is 15.0. The van der Waals surface area contributed by atoms with Crippen LogP contribution in [-0.4, -0.2) is 29.9 Å². The second-order valence-corrected chi connectivity index (χ2v) is 7.53. The van der Waals surface area contributed by atoms with E-state index in [9.17, 15) is 4.79 Å². The van der Waals surface area contributed by atoms with E-state index in [2.05, 4.69) is 29.8 Å². The molecule has 2 fully saturated rings. The molecule has 1 saturated carbocycles. The van der Waals surface area contributed by atoms with Gasteiger partial charge in [0.15, 0.2) is 0 Å². The number of rotatable bonds is 6. The molecule has 0 aromatic carbocycles. The third-order valence-corrected chi connectivity index (χ3v) is 5.81. The van der Waals surface area contributed by atoms with Gasteiger partial charge >= 0.3 is 0 Å². The molecular weight excluding hydrogens is 280 g/mol. The van der Waals surface area contributed by atoms with Gasteiger partial charge in [-0.3, -0.25) is 4.79 Å². The predicted octanol–water partition coefficient (Wildman–Crippen LogP) is 3.58. The van der Waals surface area contributed by atoms with Crippen LogP contribution in [0.25, 0.3) is 0 Å². The molecule has 0 spiro atoms. The van der Waals surface area contributed by atoms with Crippen LogP contribution in [0.1, 0.15) is 56.4 Å². The van der Waals surface area contributed by atoms with Crippen molar-refractivity contribution >= 4 is 17.2 Å². The summed E-state index contributed by atoms with van der Waals surface area (Å²) in [6.07, 6.45) is 7.18. The maximum Gasteiger partial charge on any atom is 0.222 e. The molecule has 21 heavy (non-hydrogen) atoms. The Balaban J connectivity index is 1.62. The first-order valence-electron chi connectivity index (χ1n) is 8.31. The maximum absolute atomic E-state index is 11.8. The van der Waals surface area contributed by atoms with Gasteiger partial charge in [-0.2, -0.15) is 0 Å². The van der Waals surface area contributed by atoms with Crippen molar-refractivity contribution in [3.05, 3.63) is 22.4 Å². The Labute approximate surface area is 131 Å². The molecular formula is C17H26N2OS. The zero-order chi connectivity index (χ0) is 14.7. The van der Waals surface area contributed by atoms with E-state index in [-0.39, 0.29) is 0 Å². The molecule has 4 heteroatoms. The lowest BCUT2D eigenvalue weighted by Crippen LogP contribution is -2.42. The van der Waals surface area contributed by atoms with Gasteiger partial charge in [-0.1, -0.05) is 18.9 Å². The first-order chi connectivity index (χ1) is 10.2. The summed E-state index contributed by atoms with van der Waals surface area (Å²) >= 11 is 1.86. The summed E-state index contributed by atoms with van der Waals surface area (Å²) in [7, 11) is 0. The van der Waals surface area contributed by atoms with Crippen LogP contribution in [0, 0.1) is 5.92 Å². The van der Waals surface area contributed by atoms with Crippen molar-refractivity contribution in [2.75, 3.05) is 13.1 Å². The molecule has 1 aliphatic carbocycles. The van der Waals surface area contributed by atoms with Crippen LogP contribution in [0.2, 0.25) is 0 Å². The number of likely N-dealkylation sites (tertiary alicyclic amines) is 1. The molecule has 2 aliphatic rings. The van der Waals surface area contributed by atoms with Crippen LogP contribution in [0.3, 0.4) is 0 Å². The normalized spacial score (nSPS) is 22.9. The SMILES string of the molecule is CC(CN1CCCC1=O)NC(c1cccs1)C1CCCC1. The minimum Gasteiger partial charge on any atom is -0.341 e. The minimum atomic E-state index is 0.331. The molecule has 2 heterocycles. The number of nitrogens with zero attached hydrogens (tertiary/aromatic N) is 1. The number of nitrogens with one attached hydrogen (secondary N) is 1. The van der Waals surface area contributed by atoms with E-state index in [1.165, 1.54) is 30.6 Å². The molecule has 1 aromatic rings. The van der Waals surface area contributed by atoms with Crippen molar-refractivity contribution in [2.24, 2.45) is 5.92 Å². The summed E-state index contributed by atoms with van der Waals surface area (Å²) in [4.78, 5) is 15.3. The predicted molar refractivity (Wildman–Crippen MR) is 87.4 cm³/mol. The van der Waals surface area contributed by atoms with Gasteiger partial charge in [0, 0.05) is 36.5 Å². The maximum atomic E-state index is 11.8. The topological polar surface area (TPSA) is 32.3 Å². The molecule has 116 valence electrons. The summed E-state index contributed by atoms with van der Waals surface area (Å²) in [6, 6.07) is 5.24. The second kappa shape index (κ2) is 6.93. The Morgan fingerprint density at radius 2 is 2.19 bits per heavy atom. The lowest BCUT2D eigenvalue weighted by atomic mass is 9.96. The largest absolute Gasteiger partial charge is 0.341 e. The molecule has 1 amide bonds. The average molecular weight is 306 g/mol. The van der Waals surface area contributed by atoms with Crippen molar-refractivity contribution in [3.63, 3.8) is 0 Å². The second-order valence-electron chi connectivity index (χ2n) is 6.55. The number of thiophene rings is 1. The molecule has 2 unspecified atom stereocenters. The molecule has 3 rings (SSSR count). The Kier molecular flexibility index (Phi) is 4.96. The van der Waals surface area contributed by atoms with Crippen molar-refractivity contribution < 1.29 is 4.79 Å². The zero-order valence-corrected chi connectivity index (χ0v) is 13.7. The fourth-order valence-electron chi connectivity index (χ4n) is 3.80. The van der Waals surface area contributed by atoms with E-state index in [0.29, 0.717) is 18.0 Å². The molecule has 2 atom stereocenters. The Morgan fingerprint density at radius 3 is 2.81 bits per heavy atom. The Morgan fingerprint density at radius 1 is 1.38 bits per heavy atom. The van der Waals surface area contributed by atoms with E-state index in [1.807, 2.05) is 16.2 Å². The quantitative estimate of drug-likeness (QED) is 0.871. The molecule has 1 saturated heterocycles. The highest BCUT2D eigenvalue weighted by Crippen LogP contribution is 2.37. The van der Waals surface area contributed by atoms with Gasteiger partial charge < -0.3 is 10.2 Å². The van der Waals surface area contributed by atoms with Gasteiger partial charge in [0.2, 0.25) is 5.91 Å². The number of carbonyl (C=O) groups is 1. The fraction of sp³-hybridized carbons (Fsp3) is 0.706. The van der Waals surface area contributed by atoms with Gasteiger partial charge in [0.05, 0.1) is 0 Å². The van der Waals surface area contributed by atoms with Gasteiger partial charge in [-0.15, -0.1) is 11.3 Å². The van der Waals surface area contributed by atoms with Crippen molar-refractivity contribution in [1.82, 2.24) is 10.2 Å². The zero-order valence-electron chi connectivity index (χ0n) is 12.9. The van der Waals surface area contributed by atoms with E-state index in [4.69, 9.17) is 0 Å². The van der Waals surface area contributed by atoms with Crippen molar-refractivity contribution in [2.45, 2.75) is 57.5 Å². The number of amides is 1. The van der Waals surface area contributed by atoms with Crippen LogP contribution < -0.4 is 5.32 Å². The van der Waals surface area contributed by atoms with Crippen LogP contribution in [-0.2, 0) is 4.79 Å². The minimum absolute atomic E-state index is 0.331. The lowest BCUT2D eigenvalue weighted by molar-refractivity contribution is -0.128. The van der Waals surface area contributed by atoms with Gasteiger partial charge in [0.1, 0.15) is 0 Å². The number of carbonyl (C=O) groups excluding carboxylic acids is 1. The third kappa shape index (κ3) is 3.67. The molecule has 1 aromatic heterocycles.